The number of hydrogen-bond acceptors (Lipinski definition) is 2. The van der Waals surface area contributed by atoms with Crippen molar-refractivity contribution in [1.82, 2.24) is 10.2 Å². The van der Waals surface area contributed by atoms with Crippen LogP contribution in [0.15, 0.2) is 0 Å². The highest BCUT2D eigenvalue weighted by molar-refractivity contribution is 4.80. The number of nitrogens with zero attached hydrogens (tertiary/aromatic N) is 1. The van der Waals surface area contributed by atoms with Crippen molar-refractivity contribution in [2.45, 2.75) is 72.4 Å². The topological polar surface area (TPSA) is 15.3 Å². The van der Waals surface area contributed by atoms with Gasteiger partial charge in [0.05, 0.1) is 0 Å². The van der Waals surface area contributed by atoms with E-state index in [1.165, 1.54) is 32.2 Å². The van der Waals surface area contributed by atoms with Crippen LogP contribution in [0.5, 0.6) is 0 Å². The second-order valence-corrected chi connectivity index (χ2v) is 3.87. The van der Waals surface area contributed by atoms with Crippen molar-refractivity contribution in [2.24, 2.45) is 0 Å². The summed E-state index contributed by atoms with van der Waals surface area (Å²) in [5, 5.41) is 3.36. The molecule has 2 heteroatoms. The second-order valence-electron chi connectivity index (χ2n) is 3.87. The maximum absolute atomic E-state index is 3.36. The van der Waals surface area contributed by atoms with Gasteiger partial charge in [0.2, 0.25) is 0 Å². The lowest BCUT2D eigenvalue weighted by molar-refractivity contribution is 0.184. The molecule has 0 atom stereocenters. The van der Waals surface area contributed by atoms with Gasteiger partial charge < -0.3 is 10.2 Å². The Bertz CT molecular complexity index is 118. The van der Waals surface area contributed by atoms with Gasteiger partial charge in [-0.2, -0.15) is 0 Å². The Morgan fingerprint density at radius 1 is 1.00 bits per heavy atom. The first-order valence-corrected chi connectivity index (χ1v) is 7.15. The highest BCUT2D eigenvalue weighted by Gasteiger charge is 2.21. The Hall–Kier alpha value is -0.0800. The van der Waals surface area contributed by atoms with Crippen molar-refractivity contribution in [1.29, 1.82) is 0 Å². The fourth-order valence-corrected chi connectivity index (χ4v) is 2.06. The van der Waals surface area contributed by atoms with E-state index in [0.717, 1.165) is 12.1 Å². The molecule has 0 radical (unpaired) electrons. The monoisotopic (exact) mass is 230 g/mol. The summed E-state index contributed by atoms with van der Waals surface area (Å²) in [6.07, 6.45) is 5.45. The zero-order chi connectivity index (χ0) is 13.0. The molecule has 1 fully saturated rings. The van der Waals surface area contributed by atoms with Gasteiger partial charge in [-0.1, -0.05) is 34.6 Å². The van der Waals surface area contributed by atoms with E-state index in [1.54, 1.807) is 0 Å². The van der Waals surface area contributed by atoms with Crippen molar-refractivity contribution in [3.8, 4) is 0 Å². The third-order valence-electron chi connectivity index (χ3n) is 3.23. The first-order chi connectivity index (χ1) is 7.77. The molecule has 0 unspecified atom stereocenters. The van der Waals surface area contributed by atoms with Crippen molar-refractivity contribution in [2.75, 3.05) is 20.6 Å². The minimum Gasteiger partial charge on any atom is -0.317 e. The first-order valence-electron chi connectivity index (χ1n) is 7.15. The fraction of sp³-hybridized carbons (Fsp3) is 1.00. The van der Waals surface area contributed by atoms with Gasteiger partial charge in [0, 0.05) is 12.1 Å². The maximum Gasteiger partial charge on any atom is 0.00932 e. The molecule has 0 bridgehead atoms. The van der Waals surface area contributed by atoms with Crippen LogP contribution in [0.25, 0.3) is 0 Å². The van der Waals surface area contributed by atoms with Crippen LogP contribution in [0, 0.1) is 0 Å². The summed E-state index contributed by atoms with van der Waals surface area (Å²) in [6, 6.07) is 1.63. The molecule has 1 N–H and O–H groups in total. The van der Waals surface area contributed by atoms with Gasteiger partial charge in [0.15, 0.2) is 0 Å². The molecule has 0 aromatic rings. The summed E-state index contributed by atoms with van der Waals surface area (Å²) >= 11 is 0. The quantitative estimate of drug-likeness (QED) is 0.798. The normalized spacial score (nSPS) is 24.0. The Labute approximate surface area is 104 Å². The minimum absolute atomic E-state index is 0.784. The van der Waals surface area contributed by atoms with E-state index in [2.05, 4.69) is 31.2 Å². The molecular formula is C14H34N2. The van der Waals surface area contributed by atoms with Crippen LogP contribution in [-0.2, 0) is 0 Å². The summed E-state index contributed by atoms with van der Waals surface area (Å²) in [7, 11) is 4.32. The van der Waals surface area contributed by atoms with Crippen molar-refractivity contribution in [3.63, 3.8) is 0 Å². The van der Waals surface area contributed by atoms with E-state index in [4.69, 9.17) is 0 Å². The van der Waals surface area contributed by atoms with E-state index in [9.17, 15) is 0 Å². The van der Waals surface area contributed by atoms with Gasteiger partial charge in [-0.25, -0.2) is 0 Å². The van der Waals surface area contributed by atoms with Crippen molar-refractivity contribution in [3.05, 3.63) is 0 Å². The van der Waals surface area contributed by atoms with Gasteiger partial charge in [0.25, 0.3) is 0 Å². The molecule has 1 aliphatic carbocycles. The molecule has 1 rings (SSSR count). The van der Waals surface area contributed by atoms with Gasteiger partial charge in [-0.05, 0) is 46.3 Å². The lowest BCUT2D eigenvalue weighted by Crippen LogP contribution is -2.39. The molecular weight excluding hydrogens is 196 g/mol. The third kappa shape index (κ3) is 7.24. The highest BCUT2D eigenvalue weighted by atomic mass is 15.1. The Morgan fingerprint density at radius 2 is 1.44 bits per heavy atom. The fourth-order valence-electron chi connectivity index (χ4n) is 2.06. The molecule has 100 valence electrons. The summed E-state index contributed by atoms with van der Waals surface area (Å²) in [6.45, 7) is 11.4. The molecule has 0 aromatic carbocycles. The Kier molecular flexibility index (Phi) is 14.8. The zero-order valence-corrected chi connectivity index (χ0v) is 12.6. The van der Waals surface area contributed by atoms with Crippen molar-refractivity contribution < 1.29 is 0 Å². The molecule has 16 heavy (non-hydrogen) atoms. The van der Waals surface area contributed by atoms with Gasteiger partial charge >= 0.3 is 0 Å². The Balaban J connectivity index is 0. The van der Waals surface area contributed by atoms with E-state index in [1.807, 2.05) is 27.7 Å². The number of nitrogens with one attached hydrogen (secondary N) is 1. The van der Waals surface area contributed by atoms with E-state index >= 15 is 0 Å². The molecule has 1 saturated carbocycles. The van der Waals surface area contributed by atoms with Crippen LogP contribution in [0.2, 0.25) is 0 Å². The average Bonchev–Trinajstić information content (AvgIpc) is 2.42. The van der Waals surface area contributed by atoms with Crippen LogP contribution in [-0.4, -0.2) is 37.6 Å². The minimum atomic E-state index is 0.784. The predicted octanol–water partition coefficient (Wildman–Crippen LogP) is 3.52. The van der Waals surface area contributed by atoms with Crippen LogP contribution in [0.3, 0.4) is 0 Å². The van der Waals surface area contributed by atoms with Gasteiger partial charge in [-0.3, -0.25) is 0 Å². The van der Waals surface area contributed by atoms with Crippen LogP contribution in [0.1, 0.15) is 60.3 Å². The summed E-state index contributed by atoms with van der Waals surface area (Å²) < 4.78 is 0. The smallest absolute Gasteiger partial charge is 0.00932 e. The third-order valence-corrected chi connectivity index (χ3v) is 3.23. The number of hydrogen-bond donors (Lipinski definition) is 1. The summed E-state index contributed by atoms with van der Waals surface area (Å²) in [4.78, 5) is 2.48. The SMILES string of the molecule is CC.CC.CCN(C)C1CCC(NC)CC1. The van der Waals surface area contributed by atoms with Crippen LogP contribution < -0.4 is 5.32 Å². The summed E-state index contributed by atoms with van der Waals surface area (Å²) in [5.41, 5.74) is 0. The first kappa shape index (κ1) is 18.3. The number of rotatable bonds is 3. The lowest BCUT2D eigenvalue weighted by atomic mass is 9.90. The molecule has 0 amide bonds. The van der Waals surface area contributed by atoms with Crippen LogP contribution >= 0.6 is 0 Å². The molecule has 2 nitrogen and oxygen atoms in total. The maximum atomic E-state index is 3.36. The van der Waals surface area contributed by atoms with Crippen molar-refractivity contribution >= 4 is 0 Å². The molecule has 1 aliphatic rings. The lowest BCUT2D eigenvalue weighted by Gasteiger charge is -2.33. The van der Waals surface area contributed by atoms with E-state index < -0.39 is 0 Å². The molecule has 0 aliphatic heterocycles. The van der Waals surface area contributed by atoms with Gasteiger partial charge in [0.1, 0.15) is 0 Å². The zero-order valence-electron chi connectivity index (χ0n) is 12.6. The van der Waals surface area contributed by atoms with Crippen LogP contribution in [0.4, 0.5) is 0 Å². The second kappa shape index (κ2) is 13.0. The summed E-state index contributed by atoms with van der Waals surface area (Å²) in [5.74, 6) is 0. The molecule has 0 aromatic heterocycles. The van der Waals surface area contributed by atoms with E-state index in [-0.39, 0.29) is 0 Å². The van der Waals surface area contributed by atoms with E-state index in [0.29, 0.717) is 0 Å². The molecule has 0 saturated heterocycles. The average molecular weight is 230 g/mol. The molecule has 0 spiro atoms. The molecule has 0 heterocycles. The predicted molar refractivity (Wildman–Crippen MR) is 76.1 cm³/mol. The largest absolute Gasteiger partial charge is 0.317 e. The van der Waals surface area contributed by atoms with Gasteiger partial charge in [-0.15, -0.1) is 0 Å². The standard InChI is InChI=1S/C10H22N2.2C2H6/c1-4-12(3)10-7-5-9(11-2)6-8-10;2*1-2/h9-11H,4-8H2,1-3H3;2*1-2H3. The Morgan fingerprint density at radius 3 is 1.75 bits per heavy atom. The highest BCUT2D eigenvalue weighted by Crippen LogP contribution is 2.21.